The van der Waals surface area contributed by atoms with Crippen molar-refractivity contribution in [1.82, 2.24) is 5.27 Å². The number of nitrogens with zero attached hydrogens (tertiary/aromatic N) is 2. The minimum absolute atomic E-state index is 0. The van der Waals surface area contributed by atoms with Gasteiger partial charge in [-0.25, -0.2) is 0 Å². The quantitative estimate of drug-likeness (QED) is 0.620. The summed E-state index contributed by atoms with van der Waals surface area (Å²) >= 11 is 0. The van der Waals surface area contributed by atoms with Crippen molar-refractivity contribution in [1.29, 1.82) is 0 Å². The molecule has 0 saturated heterocycles. The van der Waals surface area contributed by atoms with Gasteiger partial charge >= 0.3 is 0 Å². The molecule has 0 radical (unpaired) electrons. The Labute approximate surface area is 99.4 Å². The summed E-state index contributed by atoms with van der Waals surface area (Å²) in [5, 5.41) is 3.94. The van der Waals surface area contributed by atoms with Crippen LogP contribution in [0.4, 0.5) is 5.88 Å². The van der Waals surface area contributed by atoms with Crippen molar-refractivity contribution in [2.24, 2.45) is 0 Å². The summed E-state index contributed by atoms with van der Waals surface area (Å²) in [5.41, 5.74) is 6.79. The summed E-state index contributed by atoms with van der Waals surface area (Å²) in [5.74, 6) is 0.359. The van der Waals surface area contributed by atoms with Crippen LogP contribution in [0, 0.1) is 0 Å². The summed E-state index contributed by atoms with van der Waals surface area (Å²) < 4.78 is 6.73. The van der Waals surface area contributed by atoms with Gasteiger partial charge in [0.2, 0.25) is 10.8 Å². The normalized spacial score (nSPS) is 16.5. The maximum atomic E-state index is 5.53. The first-order valence-corrected chi connectivity index (χ1v) is 5.01. The van der Waals surface area contributed by atoms with Gasteiger partial charge in [0, 0.05) is 18.4 Å². The maximum absolute atomic E-state index is 5.53. The first kappa shape index (κ1) is 11.0. The van der Waals surface area contributed by atoms with E-state index in [-0.39, 0.29) is 17.9 Å². The number of rotatable bonds is 2. The van der Waals surface area contributed by atoms with Crippen molar-refractivity contribution < 1.29 is 21.6 Å². The van der Waals surface area contributed by atoms with E-state index in [1.807, 2.05) is 22.9 Å². The highest BCUT2D eigenvalue weighted by Crippen LogP contribution is 2.44. The lowest BCUT2D eigenvalue weighted by Gasteiger charge is -2.04. The fourth-order valence-electron chi connectivity index (χ4n) is 1.98. The molecular formula is C11H12ClN3O. The Balaban J connectivity index is 0.000000963. The number of hydrogen-bond acceptors (Lipinski definition) is 3. The van der Waals surface area contributed by atoms with E-state index in [4.69, 9.17) is 10.3 Å². The molecule has 1 aromatic heterocycles. The molecule has 84 valence electrons. The molecule has 1 saturated carbocycles. The summed E-state index contributed by atoms with van der Waals surface area (Å²) in [6, 6.07) is 10.3. The molecule has 5 heteroatoms. The molecule has 2 N–H and O–H groups in total. The van der Waals surface area contributed by atoms with E-state index in [1.165, 1.54) is 5.56 Å². The van der Waals surface area contributed by atoms with Crippen LogP contribution in [0.2, 0.25) is 0 Å². The average molecular weight is 238 g/mol. The predicted molar refractivity (Wildman–Crippen MR) is 53.9 cm³/mol. The van der Waals surface area contributed by atoms with Gasteiger partial charge in [-0.05, 0) is 4.68 Å². The minimum Gasteiger partial charge on any atom is -1.00 e. The summed E-state index contributed by atoms with van der Waals surface area (Å²) in [4.78, 5) is 0. The molecule has 0 atom stereocenters. The molecule has 0 bridgehead atoms. The molecule has 0 aliphatic heterocycles. The van der Waals surface area contributed by atoms with E-state index in [1.54, 1.807) is 6.20 Å². The lowest BCUT2D eigenvalue weighted by Crippen LogP contribution is -3.00. The van der Waals surface area contributed by atoms with E-state index >= 15 is 0 Å². The third-order valence-electron chi connectivity index (χ3n) is 2.96. The lowest BCUT2D eigenvalue weighted by molar-refractivity contribution is -0.791. The zero-order valence-corrected chi connectivity index (χ0v) is 9.39. The largest absolute Gasteiger partial charge is 1.00 e. The maximum Gasteiger partial charge on any atom is 0.293 e. The van der Waals surface area contributed by atoms with Gasteiger partial charge in [0.15, 0.2) is 0 Å². The molecule has 0 unspecified atom stereocenters. The van der Waals surface area contributed by atoms with Gasteiger partial charge in [-0.3, -0.25) is 4.52 Å². The summed E-state index contributed by atoms with van der Waals surface area (Å²) in [6.45, 7) is 0. The van der Waals surface area contributed by atoms with Crippen molar-refractivity contribution in [3.05, 3.63) is 42.1 Å². The Morgan fingerprint density at radius 2 is 1.94 bits per heavy atom. The first-order chi connectivity index (χ1) is 7.31. The Bertz CT molecular complexity index is 479. The molecule has 1 heterocycles. The fraction of sp³-hybridized carbons (Fsp3) is 0.273. The number of halogens is 1. The van der Waals surface area contributed by atoms with E-state index in [0.29, 0.717) is 5.88 Å². The Morgan fingerprint density at radius 1 is 1.25 bits per heavy atom. The van der Waals surface area contributed by atoms with Crippen molar-refractivity contribution in [2.75, 3.05) is 5.73 Å². The van der Waals surface area contributed by atoms with Gasteiger partial charge in [0.25, 0.3) is 12.1 Å². The SMILES string of the molecule is Nc1c[n+](C2(c3ccccc3)CC2)no1.[Cl-]. The number of nitrogen functional groups attached to an aromatic ring is 1. The van der Waals surface area contributed by atoms with Gasteiger partial charge in [-0.1, -0.05) is 30.3 Å². The molecule has 0 spiro atoms. The molecule has 1 aliphatic carbocycles. The van der Waals surface area contributed by atoms with Crippen LogP contribution in [-0.4, -0.2) is 5.27 Å². The van der Waals surface area contributed by atoms with Crippen LogP contribution in [-0.2, 0) is 5.54 Å². The van der Waals surface area contributed by atoms with E-state index in [0.717, 1.165) is 12.8 Å². The molecule has 0 amide bonds. The van der Waals surface area contributed by atoms with Crippen LogP contribution in [0.15, 0.2) is 41.1 Å². The number of aromatic nitrogens is 2. The van der Waals surface area contributed by atoms with E-state index in [9.17, 15) is 0 Å². The highest BCUT2D eigenvalue weighted by atomic mass is 35.5. The third-order valence-corrected chi connectivity index (χ3v) is 2.96. The second kappa shape index (κ2) is 3.79. The number of anilines is 1. The number of hydrogen-bond donors (Lipinski definition) is 1. The van der Waals surface area contributed by atoms with Crippen LogP contribution in [0.5, 0.6) is 0 Å². The van der Waals surface area contributed by atoms with E-state index in [2.05, 4.69) is 17.4 Å². The van der Waals surface area contributed by atoms with Gasteiger partial charge in [-0.2, -0.15) is 0 Å². The fourth-order valence-corrected chi connectivity index (χ4v) is 1.98. The van der Waals surface area contributed by atoms with Crippen LogP contribution < -0.4 is 22.8 Å². The monoisotopic (exact) mass is 237 g/mol. The number of benzene rings is 1. The topological polar surface area (TPSA) is 55.9 Å². The van der Waals surface area contributed by atoms with Gasteiger partial charge in [-0.15, -0.1) is 0 Å². The van der Waals surface area contributed by atoms with Crippen molar-refractivity contribution in [3.8, 4) is 0 Å². The summed E-state index contributed by atoms with van der Waals surface area (Å²) in [7, 11) is 0. The van der Waals surface area contributed by atoms with E-state index < -0.39 is 0 Å². The van der Waals surface area contributed by atoms with Crippen molar-refractivity contribution in [2.45, 2.75) is 18.4 Å². The highest BCUT2D eigenvalue weighted by molar-refractivity contribution is 5.27. The van der Waals surface area contributed by atoms with Gasteiger partial charge < -0.3 is 18.1 Å². The zero-order chi connectivity index (χ0) is 10.3. The third kappa shape index (κ3) is 1.55. The van der Waals surface area contributed by atoms with Crippen LogP contribution in [0.1, 0.15) is 18.4 Å². The molecule has 1 fully saturated rings. The van der Waals surface area contributed by atoms with Gasteiger partial charge in [0.1, 0.15) is 0 Å². The van der Waals surface area contributed by atoms with Crippen LogP contribution in [0.3, 0.4) is 0 Å². The molecule has 4 nitrogen and oxygen atoms in total. The van der Waals surface area contributed by atoms with Crippen molar-refractivity contribution in [3.63, 3.8) is 0 Å². The molecular weight excluding hydrogens is 226 g/mol. The predicted octanol–water partition coefficient (Wildman–Crippen LogP) is -1.91. The highest BCUT2D eigenvalue weighted by Gasteiger charge is 2.57. The Kier molecular flexibility index (Phi) is 2.59. The zero-order valence-electron chi connectivity index (χ0n) is 8.64. The van der Waals surface area contributed by atoms with Crippen LogP contribution in [0.25, 0.3) is 0 Å². The molecule has 16 heavy (non-hydrogen) atoms. The van der Waals surface area contributed by atoms with Gasteiger partial charge in [0.05, 0.1) is 0 Å². The molecule has 2 aromatic rings. The number of nitrogens with two attached hydrogens (primary N) is 1. The minimum atomic E-state index is -0.0115. The first-order valence-electron chi connectivity index (χ1n) is 5.01. The standard InChI is InChI=1S/C11H12N3O.ClH/c12-10-8-14(13-15-10)11(6-7-11)9-4-2-1-3-5-9;/h1-5,8H,6-7,12H2;1H/q+1;/p-1. The molecule has 1 aliphatic rings. The molecule has 3 rings (SSSR count). The second-order valence-corrected chi connectivity index (χ2v) is 3.95. The lowest BCUT2D eigenvalue weighted by atomic mass is 10.1. The Morgan fingerprint density at radius 3 is 2.44 bits per heavy atom. The summed E-state index contributed by atoms with van der Waals surface area (Å²) in [6.07, 6.45) is 3.93. The van der Waals surface area contributed by atoms with Crippen molar-refractivity contribution >= 4 is 5.88 Å². The molecule has 1 aromatic carbocycles. The smallest absolute Gasteiger partial charge is 0.293 e. The average Bonchev–Trinajstić information content (AvgIpc) is 2.98. The second-order valence-electron chi connectivity index (χ2n) is 3.95. The van der Waals surface area contributed by atoms with Crippen LogP contribution >= 0.6 is 0 Å². The Hall–Kier alpha value is -1.55.